The highest BCUT2D eigenvalue weighted by atomic mass is 35.5. The van der Waals surface area contributed by atoms with E-state index in [1.807, 2.05) is 76.5 Å². The monoisotopic (exact) mass is 404 g/mol. The zero-order valence-electron chi connectivity index (χ0n) is 15.8. The van der Waals surface area contributed by atoms with Crippen molar-refractivity contribution >= 4 is 34.2 Å². The summed E-state index contributed by atoms with van der Waals surface area (Å²) in [5.74, 6) is 1.02. The minimum Gasteiger partial charge on any atom is -0.367 e. The number of likely N-dealkylation sites (tertiary alicyclic amines) is 1. The third-order valence-corrected chi connectivity index (χ3v) is 5.67. The first-order valence-corrected chi connectivity index (χ1v) is 10.1. The van der Waals surface area contributed by atoms with E-state index in [0.717, 1.165) is 40.9 Å². The molecule has 0 aliphatic carbocycles. The molecule has 146 valence electrons. The van der Waals surface area contributed by atoms with Crippen molar-refractivity contribution in [3.63, 3.8) is 0 Å². The summed E-state index contributed by atoms with van der Waals surface area (Å²) in [6.07, 6.45) is 4.83. The number of rotatable bonds is 4. The van der Waals surface area contributed by atoms with Crippen molar-refractivity contribution in [2.75, 3.05) is 18.4 Å². The van der Waals surface area contributed by atoms with Crippen molar-refractivity contribution in [1.29, 1.82) is 0 Å². The Hall–Kier alpha value is -3.18. The van der Waals surface area contributed by atoms with Crippen molar-refractivity contribution in [3.05, 3.63) is 83.6 Å². The van der Waals surface area contributed by atoms with Crippen LogP contribution in [0.5, 0.6) is 0 Å². The van der Waals surface area contributed by atoms with Gasteiger partial charge in [0.05, 0.1) is 11.3 Å². The molecule has 3 heterocycles. The molecule has 0 spiro atoms. The van der Waals surface area contributed by atoms with E-state index in [4.69, 9.17) is 11.6 Å². The number of H-pyrrole nitrogens is 1. The van der Waals surface area contributed by atoms with Crippen LogP contribution in [-0.4, -0.2) is 39.5 Å². The van der Waals surface area contributed by atoms with Crippen LogP contribution in [0.15, 0.2) is 73.1 Å². The number of benzene rings is 2. The molecule has 0 bridgehead atoms. The van der Waals surface area contributed by atoms with Gasteiger partial charge < -0.3 is 19.8 Å². The first kappa shape index (κ1) is 17.9. The maximum Gasteiger partial charge on any atom is 0.256 e. The second-order valence-corrected chi connectivity index (χ2v) is 7.84. The smallest absolute Gasteiger partial charge is 0.256 e. The van der Waals surface area contributed by atoms with Crippen molar-refractivity contribution in [2.45, 2.75) is 12.5 Å². The lowest BCUT2D eigenvalue weighted by atomic mass is 10.1. The van der Waals surface area contributed by atoms with E-state index in [-0.39, 0.29) is 11.9 Å². The van der Waals surface area contributed by atoms with Gasteiger partial charge in [-0.2, -0.15) is 0 Å². The van der Waals surface area contributed by atoms with E-state index in [2.05, 4.69) is 16.4 Å². The van der Waals surface area contributed by atoms with Crippen LogP contribution in [0, 0.1) is 0 Å². The summed E-state index contributed by atoms with van der Waals surface area (Å²) >= 11 is 6.07. The molecule has 6 heteroatoms. The van der Waals surface area contributed by atoms with Crippen LogP contribution in [0.25, 0.3) is 16.6 Å². The van der Waals surface area contributed by atoms with Crippen LogP contribution in [0.2, 0.25) is 5.02 Å². The van der Waals surface area contributed by atoms with Gasteiger partial charge in [-0.1, -0.05) is 29.8 Å². The number of para-hydroxylation sites is 1. The topological polar surface area (TPSA) is 53.1 Å². The standard InChI is InChI=1S/C23H21ClN4O/c24-17-8-7-16-13-22(26-20(16)14-17)25-18-9-12-28(15-18)23(29)19-5-1-2-6-21(19)27-10-3-4-11-27/h1-8,10-11,13-14,18,25-26H,9,12,15H2/t18-/m1/s1. The zero-order chi connectivity index (χ0) is 19.8. The van der Waals surface area contributed by atoms with Crippen molar-refractivity contribution in [1.82, 2.24) is 14.5 Å². The summed E-state index contributed by atoms with van der Waals surface area (Å²) in [7, 11) is 0. The number of amides is 1. The largest absolute Gasteiger partial charge is 0.367 e. The van der Waals surface area contributed by atoms with Crippen LogP contribution in [0.4, 0.5) is 5.82 Å². The third-order valence-electron chi connectivity index (χ3n) is 5.44. The first-order valence-electron chi connectivity index (χ1n) is 9.74. The van der Waals surface area contributed by atoms with Gasteiger partial charge in [0, 0.05) is 47.5 Å². The lowest BCUT2D eigenvalue weighted by Gasteiger charge is -2.19. The average molecular weight is 405 g/mol. The van der Waals surface area contributed by atoms with Gasteiger partial charge in [0.25, 0.3) is 5.91 Å². The molecule has 4 aromatic rings. The number of hydrogen-bond donors (Lipinski definition) is 2. The number of fused-ring (bicyclic) bond motifs is 1. The molecular formula is C23H21ClN4O. The molecule has 2 aromatic heterocycles. The van der Waals surface area contributed by atoms with Crippen LogP contribution in [-0.2, 0) is 0 Å². The lowest BCUT2D eigenvalue weighted by molar-refractivity contribution is 0.0791. The molecule has 2 aromatic carbocycles. The maximum absolute atomic E-state index is 13.2. The highest BCUT2D eigenvalue weighted by Gasteiger charge is 2.28. The minimum absolute atomic E-state index is 0.0713. The van der Waals surface area contributed by atoms with Gasteiger partial charge >= 0.3 is 0 Å². The normalized spacial score (nSPS) is 16.4. The van der Waals surface area contributed by atoms with E-state index in [9.17, 15) is 4.79 Å². The van der Waals surface area contributed by atoms with Crippen LogP contribution in [0.3, 0.4) is 0 Å². The fourth-order valence-corrected chi connectivity index (χ4v) is 4.18. The molecule has 1 atom stereocenters. The highest BCUT2D eigenvalue weighted by Crippen LogP contribution is 2.25. The molecular weight excluding hydrogens is 384 g/mol. The summed E-state index contributed by atoms with van der Waals surface area (Å²) in [6.45, 7) is 1.41. The summed E-state index contributed by atoms with van der Waals surface area (Å²) < 4.78 is 1.98. The Bertz CT molecular complexity index is 1160. The first-order chi connectivity index (χ1) is 14.2. The number of hydrogen-bond acceptors (Lipinski definition) is 2. The number of anilines is 1. The number of aromatic nitrogens is 2. The Morgan fingerprint density at radius 3 is 2.76 bits per heavy atom. The summed E-state index contributed by atoms with van der Waals surface area (Å²) in [5, 5.41) is 5.36. The average Bonchev–Trinajstić information content (AvgIpc) is 3.48. The number of halogens is 1. The molecule has 1 aliphatic heterocycles. The van der Waals surface area contributed by atoms with E-state index in [0.29, 0.717) is 11.6 Å². The number of carbonyl (C=O) groups excluding carboxylic acids is 1. The second-order valence-electron chi connectivity index (χ2n) is 7.40. The summed E-state index contributed by atoms with van der Waals surface area (Å²) in [5.41, 5.74) is 2.64. The van der Waals surface area contributed by atoms with Crippen LogP contribution >= 0.6 is 11.6 Å². The van der Waals surface area contributed by atoms with Crippen LogP contribution in [0.1, 0.15) is 16.8 Å². The predicted octanol–water partition coefficient (Wildman–Crippen LogP) is 4.94. The van der Waals surface area contributed by atoms with Gasteiger partial charge in [-0.25, -0.2) is 0 Å². The molecule has 0 radical (unpaired) electrons. The summed E-state index contributed by atoms with van der Waals surface area (Å²) in [6, 6.07) is 19.8. The van der Waals surface area contributed by atoms with Gasteiger partial charge in [-0.3, -0.25) is 4.79 Å². The number of nitrogens with one attached hydrogen (secondary N) is 2. The van der Waals surface area contributed by atoms with E-state index < -0.39 is 0 Å². The fourth-order valence-electron chi connectivity index (χ4n) is 4.00. The molecule has 1 amide bonds. The quantitative estimate of drug-likeness (QED) is 0.506. The van der Waals surface area contributed by atoms with Gasteiger partial charge in [0.1, 0.15) is 5.82 Å². The summed E-state index contributed by atoms with van der Waals surface area (Å²) in [4.78, 5) is 18.5. The predicted molar refractivity (Wildman–Crippen MR) is 117 cm³/mol. The Labute approximate surface area is 173 Å². The van der Waals surface area contributed by atoms with E-state index >= 15 is 0 Å². The molecule has 2 N–H and O–H groups in total. The number of carbonyl (C=O) groups is 1. The Morgan fingerprint density at radius 1 is 1.07 bits per heavy atom. The number of aromatic amines is 1. The Balaban J connectivity index is 1.31. The molecule has 0 unspecified atom stereocenters. The molecule has 29 heavy (non-hydrogen) atoms. The molecule has 1 aliphatic rings. The maximum atomic E-state index is 13.2. The number of nitrogens with zero attached hydrogens (tertiary/aromatic N) is 2. The lowest BCUT2D eigenvalue weighted by Crippen LogP contribution is -2.32. The van der Waals surface area contributed by atoms with Crippen molar-refractivity contribution < 1.29 is 4.79 Å². The molecule has 5 nitrogen and oxygen atoms in total. The van der Waals surface area contributed by atoms with Gasteiger partial charge in [-0.05, 0) is 48.9 Å². The van der Waals surface area contributed by atoms with Crippen LogP contribution < -0.4 is 5.32 Å². The Kier molecular flexibility index (Phi) is 4.52. The van der Waals surface area contributed by atoms with Gasteiger partial charge in [0.15, 0.2) is 0 Å². The van der Waals surface area contributed by atoms with Gasteiger partial charge in [-0.15, -0.1) is 0 Å². The van der Waals surface area contributed by atoms with Crippen molar-refractivity contribution in [2.24, 2.45) is 0 Å². The molecule has 1 fully saturated rings. The van der Waals surface area contributed by atoms with E-state index in [1.165, 1.54) is 0 Å². The molecule has 0 saturated carbocycles. The van der Waals surface area contributed by atoms with Crippen molar-refractivity contribution in [3.8, 4) is 5.69 Å². The third kappa shape index (κ3) is 3.49. The van der Waals surface area contributed by atoms with Gasteiger partial charge in [0.2, 0.25) is 0 Å². The zero-order valence-corrected chi connectivity index (χ0v) is 16.6. The fraction of sp³-hybridized carbons (Fsp3) is 0.174. The van der Waals surface area contributed by atoms with E-state index in [1.54, 1.807) is 0 Å². The molecule has 1 saturated heterocycles. The highest BCUT2D eigenvalue weighted by molar-refractivity contribution is 6.31. The molecule has 5 rings (SSSR count). The Morgan fingerprint density at radius 2 is 1.90 bits per heavy atom. The SMILES string of the molecule is O=C(c1ccccc1-n1cccc1)N1CC[C@@H](Nc2cc3ccc(Cl)cc3[nH]2)C1. The minimum atomic E-state index is 0.0713. The second kappa shape index (κ2) is 7.33.